The molecule has 0 saturated heterocycles. The first-order valence-electron chi connectivity index (χ1n) is 7.55. The molecular formula is C20H22O4-2. The van der Waals surface area contributed by atoms with Gasteiger partial charge in [-0.25, -0.2) is 0 Å². The van der Waals surface area contributed by atoms with Crippen molar-refractivity contribution in [3.05, 3.63) is 71.9 Å². The smallest absolute Gasteiger partial charge is 0.0555 e. The molecule has 2 unspecified atom stereocenters. The third-order valence-corrected chi connectivity index (χ3v) is 4.48. The molecule has 24 heavy (non-hydrogen) atoms. The molecule has 0 aromatic carbocycles. The van der Waals surface area contributed by atoms with E-state index in [1.165, 1.54) is 26.0 Å². The van der Waals surface area contributed by atoms with Crippen LogP contribution in [0.15, 0.2) is 71.9 Å². The third-order valence-electron chi connectivity index (χ3n) is 4.48. The Morgan fingerprint density at radius 2 is 1.12 bits per heavy atom. The highest BCUT2D eigenvalue weighted by Crippen LogP contribution is 2.47. The lowest BCUT2D eigenvalue weighted by molar-refractivity contribution is -0.316. The molecule has 0 spiro atoms. The number of carboxylic acid groups (broad SMARTS) is 2. The van der Waals surface area contributed by atoms with Crippen molar-refractivity contribution in [1.82, 2.24) is 0 Å². The van der Waals surface area contributed by atoms with E-state index in [4.69, 9.17) is 0 Å². The fraction of sp³-hybridized carbons (Fsp3) is 0.300. The van der Waals surface area contributed by atoms with Crippen LogP contribution < -0.4 is 10.2 Å². The molecule has 4 heteroatoms. The topological polar surface area (TPSA) is 80.3 Å². The van der Waals surface area contributed by atoms with Gasteiger partial charge in [-0.05, 0) is 50.0 Å². The molecule has 0 heterocycles. The molecule has 0 saturated carbocycles. The molecular weight excluding hydrogens is 304 g/mol. The van der Waals surface area contributed by atoms with Crippen LogP contribution in [0, 0.1) is 10.8 Å². The van der Waals surface area contributed by atoms with Gasteiger partial charge in [-0.3, -0.25) is 0 Å². The molecule has 0 N–H and O–H groups in total. The molecule has 2 atom stereocenters. The quantitative estimate of drug-likeness (QED) is 0.722. The zero-order valence-corrected chi connectivity index (χ0v) is 14.5. The van der Waals surface area contributed by atoms with Crippen LogP contribution in [0.3, 0.4) is 0 Å². The Hall–Kier alpha value is -2.62. The van der Waals surface area contributed by atoms with Gasteiger partial charge in [0.15, 0.2) is 0 Å². The second-order valence-corrected chi connectivity index (χ2v) is 6.15. The molecule has 0 aromatic rings. The molecule has 2 rings (SSSR count). The highest BCUT2D eigenvalue weighted by Gasteiger charge is 2.40. The summed E-state index contributed by atoms with van der Waals surface area (Å²) in [5, 5.41) is 23.5. The molecule has 0 radical (unpaired) electrons. The van der Waals surface area contributed by atoms with Crippen molar-refractivity contribution in [1.29, 1.82) is 0 Å². The summed E-state index contributed by atoms with van der Waals surface area (Å²) in [7, 11) is 0. The molecule has 128 valence electrons. The van der Waals surface area contributed by atoms with Gasteiger partial charge in [-0.15, -0.1) is 13.2 Å². The van der Waals surface area contributed by atoms with Gasteiger partial charge in [0.2, 0.25) is 0 Å². The standard InChI is InChI=1S/C18H20O4.C2H4/c1-11-7-5-9-17(3,15(19)20)13(11)14-12(2)8-6-10-18(14,4)16(21)22;1-2/h5-10H,1-4H3,(H,19,20)(H,21,22);1-2H2/p-2/b14-13+;. The molecule has 4 nitrogen and oxygen atoms in total. The first kappa shape index (κ1) is 19.4. The number of carbonyl (C=O) groups excluding carboxylic acids is 2. The van der Waals surface area contributed by atoms with E-state index in [9.17, 15) is 19.8 Å². The minimum atomic E-state index is -1.38. The fourth-order valence-electron chi connectivity index (χ4n) is 3.18. The molecule has 2 aliphatic rings. The van der Waals surface area contributed by atoms with Crippen molar-refractivity contribution in [2.45, 2.75) is 27.7 Å². The Kier molecular flexibility index (Phi) is 5.56. The van der Waals surface area contributed by atoms with Crippen molar-refractivity contribution in [3.8, 4) is 0 Å². The maximum atomic E-state index is 11.7. The second-order valence-electron chi connectivity index (χ2n) is 6.15. The van der Waals surface area contributed by atoms with E-state index in [0.717, 1.165) is 0 Å². The van der Waals surface area contributed by atoms with E-state index < -0.39 is 22.8 Å². The normalized spacial score (nSPS) is 31.5. The Bertz CT molecular complexity index is 658. The molecule has 0 fully saturated rings. The Morgan fingerprint density at radius 1 is 0.833 bits per heavy atom. The van der Waals surface area contributed by atoms with E-state index in [0.29, 0.717) is 22.3 Å². The molecule has 0 aliphatic heterocycles. The lowest BCUT2D eigenvalue weighted by Gasteiger charge is -2.42. The van der Waals surface area contributed by atoms with Gasteiger partial charge in [0.05, 0.1) is 22.8 Å². The lowest BCUT2D eigenvalue weighted by Crippen LogP contribution is -2.46. The number of hydrogen-bond donors (Lipinski definition) is 0. The zero-order valence-electron chi connectivity index (χ0n) is 14.5. The summed E-state index contributed by atoms with van der Waals surface area (Å²) in [6.45, 7) is 12.6. The maximum absolute atomic E-state index is 11.7. The Balaban J connectivity index is 0.00000139. The highest BCUT2D eigenvalue weighted by molar-refractivity contribution is 5.87. The van der Waals surface area contributed by atoms with Crippen molar-refractivity contribution in [2.24, 2.45) is 10.8 Å². The number of hydrogen-bond acceptors (Lipinski definition) is 4. The highest BCUT2D eigenvalue weighted by atomic mass is 16.4. The van der Waals surface area contributed by atoms with E-state index in [1.54, 1.807) is 38.2 Å². The average molecular weight is 326 g/mol. The minimum Gasteiger partial charge on any atom is -0.549 e. The van der Waals surface area contributed by atoms with Crippen molar-refractivity contribution >= 4 is 11.9 Å². The minimum absolute atomic E-state index is 0.458. The third kappa shape index (κ3) is 2.92. The average Bonchev–Trinajstić information content (AvgIpc) is 2.51. The van der Waals surface area contributed by atoms with Crippen LogP contribution in [0.4, 0.5) is 0 Å². The van der Waals surface area contributed by atoms with E-state index in [-0.39, 0.29) is 0 Å². The SMILES string of the molecule is C=C.CC1=CC=CC(C)(C(=O)[O-])/C1=C1\C(C)=CC=CC1(C)C(=O)[O-]. The Labute approximate surface area is 142 Å². The van der Waals surface area contributed by atoms with Gasteiger partial charge in [0, 0.05) is 0 Å². The number of carboxylic acids is 2. The first-order valence-corrected chi connectivity index (χ1v) is 7.55. The molecule has 0 aromatic heterocycles. The predicted octanol–water partition coefficient (Wildman–Crippen LogP) is 1.63. The van der Waals surface area contributed by atoms with Crippen molar-refractivity contribution in [2.75, 3.05) is 0 Å². The van der Waals surface area contributed by atoms with Crippen LogP contribution in [-0.2, 0) is 9.59 Å². The van der Waals surface area contributed by atoms with Crippen LogP contribution in [-0.4, -0.2) is 11.9 Å². The predicted molar refractivity (Wildman–Crippen MR) is 90.3 cm³/mol. The summed E-state index contributed by atoms with van der Waals surface area (Å²) < 4.78 is 0. The maximum Gasteiger partial charge on any atom is 0.0555 e. The molecule has 0 bridgehead atoms. The monoisotopic (exact) mass is 326 g/mol. The van der Waals surface area contributed by atoms with Crippen molar-refractivity contribution < 1.29 is 19.8 Å². The van der Waals surface area contributed by atoms with Gasteiger partial charge in [0.25, 0.3) is 0 Å². The fourth-order valence-corrected chi connectivity index (χ4v) is 3.18. The number of carbonyl (C=O) groups is 2. The summed E-state index contributed by atoms with van der Waals surface area (Å²) in [6, 6.07) is 0. The molecule has 0 amide bonds. The van der Waals surface area contributed by atoms with E-state index in [1.807, 2.05) is 0 Å². The number of aliphatic carboxylic acids is 2. The summed E-state index contributed by atoms with van der Waals surface area (Å²) >= 11 is 0. The largest absolute Gasteiger partial charge is 0.549 e. The van der Waals surface area contributed by atoms with Gasteiger partial charge in [-0.1, -0.05) is 36.5 Å². The molecule has 2 aliphatic carbocycles. The van der Waals surface area contributed by atoms with Crippen LogP contribution in [0.1, 0.15) is 27.7 Å². The van der Waals surface area contributed by atoms with Gasteiger partial charge >= 0.3 is 0 Å². The van der Waals surface area contributed by atoms with Crippen LogP contribution in [0.2, 0.25) is 0 Å². The van der Waals surface area contributed by atoms with Crippen LogP contribution in [0.5, 0.6) is 0 Å². The van der Waals surface area contributed by atoms with Gasteiger partial charge in [-0.2, -0.15) is 0 Å². The lowest BCUT2D eigenvalue weighted by atomic mass is 9.65. The van der Waals surface area contributed by atoms with Crippen LogP contribution in [0.25, 0.3) is 0 Å². The summed E-state index contributed by atoms with van der Waals surface area (Å²) in [4.78, 5) is 23.5. The van der Waals surface area contributed by atoms with E-state index in [2.05, 4.69) is 13.2 Å². The summed E-state index contributed by atoms with van der Waals surface area (Å²) in [5.41, 5.74) is -0.435. The van der Waals surface area contributed by atoms with E-state index >= 15 is 0 Å². The summed E-state index contributed by atoms with van der Waals surface area (Å²) in [5.74, 6) is -2.52. The van der Waals surface area contributed by atoms with Crippen LogP contribution >= 0.6 is 0 Å². The van der Waals surface area contributed by atoms with Gasteiger partial charge in [0.1, 0.15) is 0 Å². The van der Waals surface area contributed by atoms with Gasteiger partial charge < -0.3 is 19.8 Å². The second kappa shape index (κ2) is 6.87. The first-order chi connectivity index (χ1) is 11.1. The van der Waals surface area contributed by atoms with Crippen molar-refractivity contribution in [3.63, 3.8) is 0 Å². The zero-order chi connectivity index (χ0) is 18.7. The summed E-state index contributed by atoms with van der Waals surface area (Å²) in [6.07, 6.45) is 9.91. The number of rotatable bonds is 2. The Morgan fingerprint density at radius 3 is 1.38 bits per heavy atom. The number of allylic oxidation sites excluding steroid dienone is 6.